The number of rotatable bonds is 4. The molecule has 0 heterocycles. The Morgan fingerprint density at radius 2 is 1.11 bits per heavy atom. The molecule has 0 aromatic rings. The van der Waals surface area contributed by atoms with Gasteiger partial charge in [-0.1, -0.05) is 0 Å². The minimum Gasteiger partial charge on any atom is -0.361 e. The molecule has 0 aliphatic carbocycles. The highest BCUT2D eigenvalue weighted by molar-refractivity contribution is 4.69. The van der Waals surface area contributed by atoms with Crippen LogP contribution in [0.3, 0.4) is 0 Å². The molecular formula is C5H2F10O3. The molecule has 0 bridgehead atoms. The standard InChI is InChI=1S/C5H2F10O3/c6-2(7,8)1(16)17-3(9,10)4(11,12)18-5(13,14)15/h1,16H. The first-order valence-electron chi connectivity index (χ1n) is 3.53. The predicted octanol–water partition coefficient (Wildman–Crippen LogP) is 2.61. The molecule has 3 nitrogen and oxygen atoms in total. The number of alkyl halides is 10. The summed E-state index contributed by atoms with van der Waals surface area (Å²) in [5.41, 5.74) is 0. The molecular weight excluding hydrogens is 298 g/mol. The summed E-state index contributed by atoms with van der Waals surface area (Å²) in [5.74, 6) is 0. The van der Waals surface area contributed by atoms with Gasteiger partial charge in [-0.2, -0.15) is 30.7 Å². The maximum atomic E-state index is 12.3. The van der Waals surface area contributed by atoms with E-state index in [1.54, 1.807) is 4.74 Å². The normalized spacial score (nSPS) is 16.8. The minimum atomic E-state index is -6.46. The van der Waals surface area contributed by atoms with Crippen LogP contribution in [0.15, 0.2) is 0 Å². The van der Waals surface area contributed by atoms with Crippen molar-refractivity contribution in [2.45, 2.75) is 31.0 Å². The van der Waals surface area contributed by atoms with Crippen molar-refractivity contribution in [3.8, 4) is 0 Å². The quantitative estimate of drug-likeness (QED) is 0.641. The van der Waals surface area contributed by atoms with Crippen LogP contribution in [0.25, 0.3) is 0 Å². The van der Waals surface area contributed by atoms with Gasteiger partial charge in [0.2, 0.25) is 0 Å². The molecule has 0 saturated heterocycles. The zero-order valence-electron chi connectivity index (χ0n) is 7.62. The number of halogens is 10. The zero-order chi connectivity index (χ0) is 15.0. The first kappa shape index (κ1) is 17.2. The van der Waals surface area contributed by atoms with Gasteiger partial charge >= 0.3 is 24.8 Å². The molecule has 13 heteroatoms. The fraction of sp³-hybridized carbons (Fsp3) is 1.00. The van der Waals surface area contributed by atoms with Crippen molar-refractivity contribution in [2.24, 2.45) is 0 Å². The highest BCUT2D eigenvalue weighted by Crippen LogP contribution is 2.42. The van der Waals surface area contributed by atoms with E-state index < -0.39 is 31.0 Å². The second kappa shape index (κ2) is 4.70. The largest absolute Gasteiger partial charge is 0.527 e. The average Bonchev–Trinajstić information content (AvgIpc) is 1.95. The summed E-state index contributed by atoms with van der Waals surface area (Å²) in [6, 6.07) is 0. The molecule has 0 spiro atoms. The molecule has 1 atom stereocenters. The van der Waals surface area contributed by atoms with Gasteiger partial charge in [0.1, 0.15) is 0 Å². The molecule has 0 aromatic carbocycles. The van der Waals surface area contributed by atoms with E-state index in [2.05, 4.69) is 4.74 Å². The van der Waals surface area contributed by atoms with E-state index in [9.17, 15) is 43.9 Å². The first-order valence-corrected chi connectivity index (χ1v) is 3.53. The lowest BCUT2D eigenvalue weighted by molar-refractivity contribution is -0.523. The van der Waals surface area contributed by atoms with Crippen LogP contribution in [0.5, 0.6) is 0 Å². The van der Waals surface area contributed by atoms with Crippen molar-refractivity contribution >= 4 is 0 Å². The van der Waals surface area contributed by atoms with E-state index in [1.807, 2.05) is 0 Å². The lowest BCUT2D eigenvalue weighted by Crippen LogP contribution is -2.51. The van der Waals surface area contributed by atoms with Gasteiger partial charge in [-0.25, -0.2) is 4.74 Å². The summed E-state index contributed by atoms with van der Waals surface area (Å²) in [7, 11) is 0. The summed E-state index contributed by atoms with van der Waals surface area (Å²) >= 11 is 0. The monoisotopic (exact) mass is 300 g/mol. The number of hydrogen-bond acceptors (Lipinski definition) is 3. The Labute approximate surface area is 90.9 Å². The Hall–Kier alpha value is -0.820. The van der Waals surface area contributed by atoms with Gasteiger partial charge in [-0.3, -0.25) is 4.74 Å². The summed E-state index contributed by atoms with van der Waals surface area (Å²) in [5, 5.41) is 7.89. The van der Waals surface area contributed by atoms with Crippen LogP contribution in [0.4, 0.5) is 43.9 Å². The van der Waals surface area contributed by atoms with Crippen molar-refractivity contribution in [3.63, 3.8) is 0 Å². The van der Waals surface area contributed by atoms with Gasteiger partial charge in [0.05, 0.1) is 0 Å². The summed E-state index contributed by atoms with van der Waals surface area (Å²) < 4.78 is 121. The maximum absolute atomic E-state index is 12.3. The van der Waals surface area contributed by atoms with Crippen LogP contribution in [0.1, 0.15) is 0 Å². The Kier molecular flexibility index (Phi) is 4.48. The first-order chi connectivity index (χ1) is 7.58. The van der Waals surface area contributed by atoms with E-state index in [0.717, 1.165) is 0 Å². The van der Waals surface area contributed by atoms with Crippen LogP contribution in [-0.4, -0.2) is 36.2 Å². The van der Waals surface area contributed by atoms with Crippen molar-refractivity contribution in [3.05, 3.63) is 0 Å². The molecule has 110 valence electrons. The summed E-state index contributed by atoms with van der Waals surface area (Å²) in [6.07, 6.45) is -29.4. The topological polar surface area (TPSA) is 38.7 Å². The van der Waals surface area contributed by atoms with Gasteiger partial charge in [0, 0.05) is 0 Å². The Balaban J connectivity index is 4.91. The van der Waals surface area contributed by atoms with Crippen LogP contribution in [0, 0.1) is 0 Å². The third kappa shape index (κ3) is 4.81. The molecule has 1 N–H and O–H groups in total. The Bertz CT molecular complexity index is 280. The van der Waals surface area contributed by atoms with E-state index >= 15 is 0 Å². The maximum Gasteiger partial charge on any atom is 0.527 e. The van der Waals surface area contributed by atoms with Crippen molar-refractivity contribution in [2.75, 3.05) is 0 Å². The summed E-state index contributed by atoms with van der Waals surface area (Å²) in [4.78, 5) is 0. The zero-order valence-corrected chi connectivity index (χ0v) is 7.62. The van der Waals surface area contributed by atoms with Crippen molar-refractivity contribution in [1.82, 2.24) is 0 Å². The van der Waals surface area contributed by atoms with E-state index in [0.29, 0.717) is 0 Å². The molecule has 0 aliphatic heterocycles. The lowest BCUT2D eigenvalue weighted by atomic mass is 10.5. The minimum absolute atomic E-state index is 1.62. The molecule has 0 saturated carbocycles. The second-order valence-electron chi connectivity index (χ2n) is 2.59. The van der Waals surface area contributed by atoms with Crippen LogP contribution >= 0.6 is 0 Å². The van der Waals surface area contributed by atoms with Gasteiger partial charge in [-0.05, 0) is 0 Å². The van der Waals surface area contributed by atoms with E-state index in [-0.39, 0.29) is 0 Å². The van der Waals surface area contributed by atoms with Gasteiger partial charge in [-0.15, -0.1) is 13.2 Å². The Morgan fingerprint density at radius 3 is 1.39 bits per heavy atom. The highest BCUT2D eigenvalue weighted by atomic mass is 19.4. The lowest BCUT2D eigenvalue weighted by Gasteiger charge is -2.28. The van der Waals surface area contributed by atoms with Crippen LogP contribution in [0.2, 0.25) is 0 Å². The van der Waals surface area contributed by atoms with Gasteiger partial charge < -0.3 is 5.11 Å². The molecule has 18 heavy (non-hydrogen) atoms. The molecule has 0 rings (SSSR count). The predicted molar refractivity (Wildman–Crippen MR) is 30.2 cm³/mol. The summed E-state index contributed by atoms with van der Waals surface area (Å²) in [6.45, 7) is 0. The number of ether oxygens (including phenoxy) is 2. The molecule has 0 aromatic heterocycles. The second-order valence-corrected chi connectivity index (χ2v) is 2.59. The number of aliphatic hydroxyl groups excluding tert-OH is 1. The number of hydrogen-bond donors (Lipinski definition) is 1. The fourth-order valence-electron chi connectivity index (χ4n) is 0.480. The molecule has 0 radical (unpaired) electrons. The van der Waals surface area contributed by atoms with Gasteiger partial charge in [0.25, 0.3) is 6.29 Å². The van der Waals surface area contributed by atoms with Crippen LogP contribution < -0.4 is 0 Å². The fourth-order valence-corrected chi connectivity index (χ4v) is 0.480. The molecule has 0 aliphatic rings. The number of aliphatic hydroxyl groups is 1. The highest BCUT2D eigenvalue weighted by Gasteiger charge is 2.67. The van der Waals surface area contributed by atoms with E-state index in [4.69, 9.17) is 5.11 Å². The smallest absolute Gasteiger partial charge is 0.361 e. The molecule has 0 fully saturated rings. The molecule has 0 amide bonds. The van der Waals surface area contributed by atoms with Gasteiger partial charge in [0.15, 0.2) is 0 Å². The molecule has 1 unspecified atom stereocenters. The SMILES string of the molecule is OC(OC(F)(F)C(F)(F)OC(F)(F)F)C(F)(F)F. The van der Waals surface area contributed by atoms with E-state index in [1.165, 1.54) is 0 Å². The van der Waals surface area contributed by atoms with Crippen molar-refractivity contribution < 1.29 is 58.5 Å². The third-order valence-electron chi connectivity index (χ3n) is 1.12. The average molecular weight is 300 g/mol. The van der Waals surface area contributed by atoms with Crippen LogP contribution in [-0.2, 0) is 9.47 Å². The third-order valence-corrected chi connectivity index (χ3v) is 1.12. The van der Waals surface area contributed by atoms with Crippen molar-refractivity contribution in [1.29, 1.82) is 0 Å². The Morgan fingerprint density at radius 1 is 0.722 bits per heavy atom.